The first-order chi connectivity index (χ1) is 17.1. The molecule has 3 rings (SSSR count). The van der Waals surface area contributed by atoms with E-state index in [0.29, 0.717) is 36.9 Å². The van der Waals surface area contributed by atoms with Gasteiger partial charge < -0.3 is 28.6 Å². The topological polar surface area (TPSA) is 90.2 Å². The van der Waals surface area contributed by atoms with Gasteiger partial charge in [0.2, 0.25) is 0 Å². The quantitative estimate of drug-likeness (QED) is 0.169. The summed E-state index contributed by atoms with van der Waals surface area (Å²) in [6.45, 7) is 2.24. The summed E-state index contributed by atoms with van der Waals surface area (Å²) >= 11 is 6.21. The molecule has 1 unspecified atom stereocenters. The molecule has 1 aromatic heterocycles. The molecule has 1 atom stereocenters. The SMILES string of the molecule is COc1ccc(CCCCCOc2ccc(CNCCCO[PH](=O)O)cc2-c2ccco2)cc1Cl. The molecule has 35 heavy (non-hydrogen) atoms. The van der Waals surface area contributed by atoms with E-state index in [9.17, 15) is 4.57 Å². The van der Waals surface area contributed by atoms with Gasteiger partial charge in [-0.3, -0.25) is 4.57 Å². The van der Waals surface area contributed by atoms with E-state index in [-0.39, 0.29) is 6.61 Å². The second kappa shape index (κ2) is 15.0. The van der Waals surface area contributed by atoms with E-state index in [0.717, 1.165) is 48.3 Å². The zero-order valence-corrected chi connectivity index (χ0v) is 21.7. The zero-order valence-electron chi connectivity index (χ0n) is 19.9. The van der Waals surface area contributed by atoms with Gasteiger partial charge in [-0.1, -0.05) is 23.7 Å². The molecule has 0 aliphatic heterocycles. The number of rotatable bonds is 16. The number of halogens is 1. The van der Waals surface area contributed by atoms with Crippen LogP contribution in [0.25, 0.3) is 11.3 Å². The van der Waals surface area contributed by atoms with Gasteiger partial charge in [0.1, 0.15) is 17.3 Å². The largest absolute Gasteiger partial charge is 0.495 e. The summed E-state index contributed by atoms with van der Waals surface area (Å²) in [7, 11) is -1.23. The summed E-state index contributed by atoms with van der Waals surface area (Å²) in [5.41, 5.74) is 3.22. The highest BCUT2D eigenvalue weighted by molar-refractivity contribution is 7.32. The Labute approximate surface area is 212 Å². The van der Waals surface area contributed by atoms with Crippen LogP contribution in [0.5, 0.6) is 11.5 Å². The van der Waals surface area contributed by atoms with Gasteiger partial charge in [0, 0.05) is 6.54 Å². The van der Waals surface area contributed by atoms with Crippen LogP contribution in [0.1, 0.15) is 36.8 Å². The van der Waals surface area contributed by atoms with E-state index in [4.69, 9.17) is 34.9 Å². The molecule has 190 valence electrons. The Morgan fingerprint density at radius 3 is 2.57 bits per heavy atom. The standard InChI is InChI=1S/C26H33ClNO6P/c1-31-26-12-9-20(18-23(26)27)7-3-2-4-14-32-25-11-10-21(17-22(25)24-8-5-15-33-24)19-28-13-6-16-34-35(29)30/h5,8-12,15,17-18,28,35H,2-4,6-7,13-14,16,19H2,1H3,(H,29,30). The average Bonchev–Trinajstić information content (AvgIpc) is 3.39. The van der Waals surface area contributed by atoms with Crippen molar-refractivity contribution < 1.29 is 27.9 Å². The van der Waals surface area contributed by atoms with Gasteiger partial charge in [-0.05, 0) is 86.2 Å². The average molecular weight is 522 g/mol. The van der Waals surface area contributed by atoms with Crippen molar-refractivity contribution >= 4 is 19.9 Å². The van der Waals surface area contributed by atoms with Crippen LogP contribution in [-0.4, -0.2) is 31.8 Å². The fraction of sp³-hybridized carbons (Fsp3) is 0.385. The maximum Gasteiger partial charge on any atom is 0.316 e. The molecule has 0 amide bonds. The molecule has 7 nitrogen and oxygen atoms in total. The lowest BCUT2D eigenvalue weighted by atomic mass is 10.1. The first-order valence-corrected chi connectivity index (χ1v) is 13.4. The molecular weight excluding hydrogens is 489 g/mol. The zero-order chi connectivity index (χ0) is 24.9. The van der Waals surface area contributed by atoms with Crippen molar-refractivity contribution in [2.75, 3.05) is 26.9 Å². The van der Waals surface area contributed by atoms with Gasteiger partial charge in [-0.25, -0.2) is 0 Å². The molecule has 0 aliphatic carbocycles. The van der Waals surface area contributed by atoms with Crippen LogP contribution in [0, 0.1) is 0 Å². The molecule has 3 aromatic rings. The molecule has 2 aromatic carbocycles. The molecule has 0 spiro atoms. The van der Waals surface area contributed by atoms with Crippen molar-refractivity contribution in [3.05, 3.63) is 70.9 Å². The van der Waals surface area contributed by atoms with E-state index in [1.807, 2.05) is 36.4 Å². The summed E-state index contributed by atoms with van der Waals surface area (Å²) in [5.74, 6) is 2.26. The summed E-state index contributed by atoms with van der Waals surface area (Å²) in [6.07, 6.45) is 6.34. The summed E-state index contributed by atoms with van der Waals surface area (Å²) < 4.78 is 32.2. The third-order valence-corrected chi connectivity index (χ3v) is 6.21. The Bertz CT molecular complexity index is 1060. The van der Waals surface area contributed by atoms with Gasteiger partial charge in [-0.2, -0.15) is 0 Å². The Kier molecular flexibility index (Phi) is 11.7. The summed E-state index contributed by atoms with van der Waals surface area (Å²) in [5, 5.41) is 3.96. The fourth-order valence-corrected chi connectivity index (χ4v) is 4.28. The highest BCUT2D eigenvalue weighted by atomic mass is 35.5. The number of aryl methyl sites for hydroxylation is 1. The van der Waals surface area contributed by atoms with Crippen molar-refractivity contribution in [2.45, 2.75) is 38.6 Å². The van der Waals surface area contributed by atoms with E-state index in [2.05, 4.69) is 17.4 Å². The van der Waals surface area contributed by atoms with Crippen LogP contribution in [0.2, 0.25) is 5.02 Å². The lowest BCUT2D eigenvalue weighted by Crippen LogP contribution is -2.16. The Hall–Kier alpha value is -2.28. The van der Waals surface area contributed by atoms with Crippen molar-refractivity contribution in [1.82, 2.24) is 5.32 Å². The number of hydrogen-bond donors (Lipinski definition) is 2. The van der Waals surface area contributed by atoms with Gasteiger partial charge in [0.25, 0.3) is 0 Å². The third kappa shape index (κ3) is 9.36. The van der Waals surface area contributed by atoms with Crippen LogP contribution in [-0.2, 0) is 22.1 Å². The highest BCUT2D eigenvalue weighted by Gasteiger charge is 2.11. The first kappa shape index (κ1) is 27.3. The van der Waals surface area contributed by atoms with Gasteiger partial charge in [0.05, 0.1) is 37.2 Å². The number of methoxy groups -OCH3 is 1. The predicted molar refractivity (Wildman–Crippen MR) is 139 cm³/mol. The van der Waals surface area contributed by atoms with E-state index in [1.54, 1.807) is 13.4 Å². The van der Waals surface area contributed by atoms with Crippen molar-refractivity contribution in [1.29, 1.82) is 0 Å². The Balaban J connectivity index is 1.45. The number of benzene rings is 2. The molecular formula is C26H33ClNO6P. The first-order valence-electron chi connectivity index (χ1n) is 11.8. The lowest BCUT2D eigenvalue weighted by Gasteiger charge is -2.13. The Morgan fingerprint density at radius 2 is 1.83 bits per heavy atom. The normalized spacial score (nSPS) is 12.0. The number of nitrogens with one attached hydrogen (secondary N) is 1. The van der Waals surface area contributed by atoms with Gasteiger partial charge in [0.15, 0.2) is 0 Å². The maximum absolute atomic E-state index is 10.6. The summed E-state index contributed by atoms with van der Waals surface area (Å²) in [4.78, 5) is 8.69. The highest BCUT2D eigenvalue weighted by Crippen LogP contribution is 2.32. The third-order valence-electron chi connectivity index (χ3n) is 5.47. The molecule has 1 heterocycles. The minimum absolute atomic E-state index is 0.263. The van der Waals surface area contributed by atoms with Crippen LogP contribution >= 0.6 is 19.9 Å². The van der Waals surface area contributed by atoms with Crippen LogP contribution < -0.4 is 14.8 Å². The molecule has 0 bridgehead atoms. The van der Waals surface area contributed by atoms with E-state index in [1.165, 1.54) is 5.56 Å². The maximum atomic E-state index is 10.6. The van der Waals surface area contributed by atoms with Gasteiger partial charge >= 0.3 is 8.25 Å². The van der Waals surface area contributed by atoms with Crippen molar-refractivity contribution in [3.8, 4) is 22.8 Å². The Morgan fingerprint density at radius 1 is 1.00 bits per heavy atom. The second-order valence-corrected chi connectivity index (χ2v) is 9.31. The van der Waals surface area contributed by atoms with E-state index >= 15 is 0 Å². The number of ether oxygens (including phenoxy) is 2. The molecule has 0 saturated carbocycles. The molecule has 0 saturated heterocycles. The number of furan rings is 1. The van der Waals surface area contributed by atoms with Crippen LogP contribution in [0.3, 0.4) is 0 Å². The molecule has 0 radical (unpaired) electrons. The van der Waals surface area contributed by atoms with Crippen LogP contribution in [0.4, 0.5) is 0 Å². The summed E-state index contributed by atoms with van der Waals surface area (Å²) in [6, 6.07) is 15.8. The number of hydrogen-bond acceptors (Lipinski definition) is 6. The molecule has 0 fully saturated rings. The minimum Gasteiger partial charge on any atom is -0.495 e. The molecule has 0 aliphatic rings. The smallest absolute Gasteiger partial charge is 0.316 e. The lowest BCUT2D eigenvalue weighted by molar-refractivity contribution is 0.276. The van der Waals surface area contributed by atoms with Gasteiger partial charge in [-0.15, -0.1) is 0 Å². The molecule has 2 N–H and O–H groups in total. The minimum atomic E-state index is -2.85. The number of unbranched alkanes of at least 4 members (excludes halogenated alkanes) is 2. The monoisotopic (exact) mass is 521 g/mol. The predicted octanol–water partition coefficient (Wildman–Crippen LogP) is 6.28. The second-order valence-electron chi connectivity index (χ2n) is 8.08. The molecule has 9 heteroatoms. The fourth-order valence-electron chi connectivity index (χ4n) is 3.68. The van der Waals surface area contributed by atoms with Crippen LogP contribution in [0.15, 0.2) is 59.2 Å². The van der Waals surface area contributed by atoms with Crippen molar-refractivity contribution in [2.24, 2.45) is 0 Å². The van der Waals surface area contributed by atoms with Crippen molar-refractivity contribution in [3.63, 3.8) is 0 Å². The van der Waals surface area contributed by atoms with E-state index < -0.39 is 8.25 Å².